The molecule has 0 radical (unpaired) electrons. The molecule has 4 nitrogen and oxygen atoms in total. The lowest BCUT2D eigenvalue weighted by molar-refractivity contribution is 0.127. The minimum atomic E-state index is -0.724. The van der Waals surface area contributed by atoms with E-state index in [1.807, 2.05) is 13.8 Å². The molecule has 0 aliphatic carbocycles. The van der Waals surface area contributed by atoms with Crippen molar-refractivity contribution in [2.24, 2.45) is 5.16 Å². The number of oxime groups is 1. The summed E-state index contributed by atoms with van der Waals surface area (Å²) in [5.74, 6) is -0.695. The fourth-order valence-corrected chi connectivity index (χ4v) is 2.27. The van der Waals surface area contributed by atoms with Crippen molar-refractivity contribution in [3.63, 3.8) is 0 Å². The highest BCUT2D eigenvalue weighted by molar-refractivity contribution is 9.28. The summed E-state index contributed by atoms with van der Waals surface area (Å²) in [5.41, 5.74) is 0.821. The van der Waals surface area contributed by atoms with E-state index in [4.69, 9.17) is 37.5 Å². The zero-order valence-corrected chi connectivity index (χ0v) is 17.7. The molecule has 0 atom stereocenters. The van der Waals surface area contributed by atoms with Crippen molar-refractivity contribution in [3.05, 3.63) is 31.4 Å². The van der Waals surface area contributed by atoms with Crippen molar-refractivity contribution < 1.29 is 18.7 Å². The van der Waals surface area contributed by atoms with Gasteiger partial charge in [-0.25, -0.2) is 4.39 Å². The first-order valence-corrected chi connectivity index (χ1v) is 9.24. The van der Waals surface area contributed by atoms with Gasteiger partial charge >= 0.3 is 0 Å². The zero-order chi connectivity index (χ0) is 18.1. The number of hydrogen-bond acceptors (Lipinski definition) is 4. The maximum atomic E-state index is 14.2. The number of halogens is 5. The Morgan fingerprint density at radius 2 is 1.96 bits per heavy atom. The number of rotatable bonds is 9. The predicted octanol–water partition coefficient (Wildman–Crippen LogP) is 6.32. The highest BCUT2D eigenvalue weighted by Gasteiger charge is 2.18. The predicted molar refractivity (Wildman–Crippen MR) is 103 cm³/mol. The standard InChI is InChI=1S/C15H16Br2Cl2FNO3/c1-9(2)21-24-6-3-5-23-15-10(18)8-11(14(20)13(15)19)22-7-4-12(16)17/h4,8H,3,5-7H2,1-2H3. The molecule has 0 fully saturated rings. The van der Waals surface area contributed by atoms with Gasteiger partial charge in [0.15, 0.2) is 17.3 Å². The molecule has 134 valence electrons. The number of ether oxygens (including phenoxy) is 2. The smallest absolute Gasteiger partial charge is 0.187 e. The molecule has 0 spiro atoms. The second kappa shape index (κ2) is 11.2. The van der Waals surface area contributed by atoms with Crippen LogP contribution in [-0.2, 0) is 4.84 Å². The van der Waals surface area contributed by atoms with E-state index in [-0.39, 0.29) is 34.8 Å². The van der Waals surface area contributed by atoms with E-state index in [0.717, 1.165) is 5.71 Å². The summed E-state index contributed by atoms with van der Waals surface area (Å²) in [6.07, 6.45) is 2.21. The van der Waals surface area contributed by atoms with Gasteiger partial charge in [0.2, 0.25) is 0 Å². The van der Waals surface area contributed by atoms with E-state index in [9.17, 15) is 4.39 Å². The van der Waals surface area contributed by atoms with Crippen LogP contribution in [0.2, 0.25) is 10.0 Å². The number of nitrogens with zero attached hydrogens (tertiary/aromatic N) is 1. The van der Waals surface area contributed by atoms with Gasteiger partial charge in [0, 0.05) is 12.5 Å². The molecule has 1 rings (SSSR count). The molecule has 0 N–H and O–H groups in total. The molecule has 0 aromatic heterocycles. The summed E-state index contributed by atoms with van der Waals surface area (Å²) in [6, 6.07) is 1.33. The highest BCUT2D eigenvalue weighted by Crippen LogP contribution is 2.40. The van der Waals surface area contributed by atoms with Gasteiger partial charge in [0.25, 0.3) is 0 Å². The number of hydrogen-bond donors (Lipinski definition) is 0. The average molecular weight is 508 g/mol. The summed E-state index contributed by atoms with van der Waals surface area (Å²) in [5, 5.41) is 3.74. The molecule has 9 heteroatoms. The van der Waals surface area contributed by atoms with Crippen LogP contribution < -0.4 is 9.47 Å². The van der Waals surface area contributed by atoms with E-state index in [0.29, 0.717) is 16.4 Å². The Balaban J connectivity index is 2.64. The summed E-state index contributed by atoms with van der Waals surface area (Å²) in [6.45, 7) is 4.43. The maximum absolute atomic E-state index is 14.2. The van der Waals surface area contributed by atoms with E-state index in [1.54, 1.807) is 6.08 Å². The van der Waals surface area contributed by atoms with E-state index < -0.39 is 5.82 Å². The van der Waals surface area contributed by atoms with Crippen LogP contribution in [-0.4, -0.2) is 25.5 Å². The first-order chi connectivity index (χ1) is 11.3. The highest BCUT2D eigenvalue weighted by atomic mass is 79.9. The van der Waals surface area contributed by atoms with E-state index in [1.165, 1.54) is 6.07 Å². The summed E-state index contributed by atoms with van der Waals surface area (Å²) < 4.78 is 25.6. The van der Waals surface area contributed by atoms with E-state index in [2.05, 4.69) is 37.0 Å². The molecule has 0 aliphatic rings. The van der Waals surface area contributed by atoms with Crippen molar-refractivity contribution in [1.82, 2.24) is 0 Å². The van der Waals surface area contributed by atoms with Crippen LogP contribution in [0.1, 0.15) is 20.3 Å². The van der Waals surface area contributed by atoms with Crippen LogP contribution in [0, 0.1) is 5.82 Å². The van der Waals surface area contributed by atoms with Gasteiger partial charge < -0.3 is 14.3 Å². The summed E-state index contributed by atoms with van der Waals surface area (Å²) in [4.78, 5) is 5.03. The first-order valence-electron chi connectivity index (χ1n) is 6.90. The van der Waals surface area contributed by atoms with Crippen molar-refractivity contribution in [2.45, 2.75) is 20.3 Å². The second-order valence-corrected chi connectivity index (χ2v) is 8.25. The van der Waals surface area contributed by atoms with E-state index >= 15 is 0 Å². The third kappa shape index (κ3) is 7.59. The van der Waals surface area contributed by atoms with Crippen molar-refractivity contribution in [2.75, 3.05) is 19.8 Å². The molecule has 1 aromatic carbocycles. The Hall–Kier alpha value is -0.500. The lowest BCUT2D eigenvalue weighted by Gasteiger charge is -2.13. The lowest BCUT2D eigenvalue weighted by Crippen LogP contribution is -2.04. The van der Waals surface area contributed by atoms with Gasteiger partial charge in [0.1, 0.15) is 18.2 Å². The van der Waals surface area contributed by atoms with Crippen molar-refractivity contribution >= 4 is 60.8 Å². The monoisotopic (exact) mass is 505 g/mol. The van der Waals surface area contributed by atoms with Crippen molar-refractivity contribution in [3.8, 4) is 11.5 Å². The van der Waals surface area contributed by atoms with Crippen LogP contribution >= 0.6 is 55.1 Å². The fraction of sp³-hybridized carbons (Fsp3) is 0.400. The second-order valence-electron chi connectivity index (χ2n) is 4.69. The molecule has 0 saturated carbocycles. The molecule has 0 heterocycles. The van der Waals surface area contributed by atoms with Crippen LogP contribution in [0.15, 0.2) is 20.7 Å². The molecule has 1 aromatic rings. The number of benzene rings is 1. The quantitative estimate of drug-likeness (QED) is 0.170. The minimum absolute atomic E-state index is 0.0501. The largest absolute Gasteiger partial charge is 0.490 e. The minimum Gasteiger partial charge on any atom is -0.490 e. The molecular weight excluding hydrogens is 492 g/mol. The third-order valence-electron chi connectivity index (χ3n) is 2.43. The van der Waals surface area contributed by atoms with Gasteiger partial charge in [-0.05, 0) is 51.8 Å². The Labute approximate surface area is 167 Å². The van der Waals surface area contributed by atoms with Crippen LogP contribution in [0.5, 0.6) is 11.5 Å². The summed E-state index contributed by atoms with van der Waals surface area (Å²) >= 11 is 18.4. The SMILES string of the molecule is CC(C)=NOCCCOc1c(Cl)cc(OCC=C(Br)Br)c(F)c1Cl. The van der Waals surface area contributed by atoms with Gasteiger partial charge in [-0.2, -0.15) is 0 Å². The normalized spacial score (nSPS) is 10.1. The molecule has 0 amide bonds. The Kier molecular flexibility index (Phi) is 10.0. The Morgan fingerprint density at radius 1 is 1.25 bits per heavy atom. The molecule has 0 unspecified atom stereocenters. The zero-order valence-electron chi connectivity index (χ0n) is 13.0. The van der Waals surface area contributed by atoms with Gasteiger partial charge in [0.05, 0.1) is 20.7 Å². The fourth-order valence-electron chi connectivity index (χ4n) is 1.46. The average Bonchev–Trinajstić information content (AvgIpc) is 2.50. The van der Waals surface area contributed by atoms with Crippen LogP contribution in [0.4, 0.5) is 4.39 Å². The van der Waals surface area contributed by atoms with Crippen molar-refractivity contribution in [1.29, 1.82) is 0 Å². The summed E-state index contributed by atoms with van der Waals surface area (Å²) in [7, 11) is 0. The maximum Gasteiger partial charge on any atom is 0.187 e. The lowest BCUT2D eigenvalue weighted by atomic mass is 10.3. The van der Waals surface area contributed by atoms with Crippen LogP contribution in [0.3, 0.4) is 0 Å². The molecule has 24 heavy (non-hydrogen) atoms. The Morgan fingerprint density at radius 3 is 2.58 bits per heavy atom. The molecule has 0 saturated heterocycles. The third-order valence-corrected chi connectivity index (χ3v) is 3.70. The van der Waals surface area contributed by atoms with Gasteiger partial charge in [-0.15, -0.1) is 0 Å². The molecule has 0 bridgehead atoms. The first kappa shape index (κ1) is 21.5. The van der Waals surface area contributed by atoms with Crippen LogP contribution in [0.25, 0.3) is 0 Å². The Bertz CT molecular complexity index is 619. The van der Waals surface area contributed by atoms with Gasteiger partial charge in [-0.1, -0.05) is 28.4 Å². The topological polar surface area (TPSA) is 40.0 Å². The molecule has 0 aliphatic heterocycles. The molecular formula is C15H16Br2Cl2FNO3. The van der Waals surface area contributed by atoms with Gasteiger partial charge in [-0.3, -0.25) is 0 Å².